The first-order chi connectivity index (χ1) is 6.76. The van der Waals surface area contributed by atoms with Crippen molar-refractivity contribution in [1.82, 2.24) is 14.7 Å². The van der Waals surface area contributed by atoms with Crippen LogP contribution in [0.3, 0.4) is 0 Å². The van der Waals surface area contributed by atoms with E-state index < -0.39 is 0 Å². The highest BCUT2D eigenvalue weighted by atomic mass is 15.3. The number of nitrogens with zero attached hydrogens (tertiary/aromatic N) is 3. The summed E-state index contributed by atoms with van der Waals surface area (Å²) >= 11 is 0. The van der Waals surface area contributed by atoms with Gasteiger partial charge >= 0.3 is 0 Å². The summed E-state index contributed by atoms with van der Waals surface area (Å²) in [5.41, 5.74) is 0. The molecule has 0 bridgehead atoms. The lowest BCUT2D eigenvalue weighted by Crippen LogP contribution is -2.47. The van der Waals surface area contributed by atoms with Crippen molar-refractivity contribution in [2.24, 2.45) is 0 Å². The Balaban J connectivity index is 2.10. The largest absolute Gasteiger partial charge is 0.305 e. The lowest BCUT2D eigenvalue weighted by Gasteiger charge is -2.34. The highest BCUT2D eigenvalue weighted by Crippen LogP contribution is 2.00. The van der Waals surface area contributed by atoms with Crippen molar-refractivity contribution in [2.75, 3.05) is 59.4 Å². The molecule has 0 N–H and O–H groups in total. The first-order valence-corrected chi connectivity index (χ1v) is 5.89. The fourth-order valence-corrected chi connectivity index (χ4v) is 1.80. The maximum absolute atomic E-state index is 2.58. The van der Waals surface area contributed by atoms with Crippen LogP contribution in [-0.4, -0.2) is 74.1 Å². The van der Waals surface area contributed by atoms with Gasteiger partial charge in [0, 0.05) is 39.3 Å². The Morgan fingerprint density at radius 3 is 2.07 bits per heavy atom. The third kappa shape index (κ3) is 3.95. The van der Waals surface area contributed by atoms with Crippen LogP contribution in [0.25, 0.3) is 0 Å². The van der Waals surface area contributed by atoms with E-state index in [2.05, 4.69) is 35.6 Å². The van der Waals surface area contributed by atoms with Crippen molar-refractivity contribution in [3.63, 3.8) is 0 Å². The monoisotopic (exact) mass is 199 g/mol. The summed E-state index contributed by atoms with van der Waals surface area (Å²) in [6.45, 7) is 14.3. The second-order valence-electron chi connectivity index (χ2n) is 4.17. The van der Waals surface area contributed by atoms with Gasteiger partial charge in [0.1, 0.15) is 0 Å². The number of hydrogen-bond donors (Lipinski definition) is 0. The first kappa shape index (κ1) is 12.0. The van der Waals surface area contributed by atoms with Gasteiger partial charge in [-0.05, 0) is 20.1 Å². The molecule has 14 heavy (non-hydrogen) atoms. The molecular formula is C11H25N3. The first-order valence-electron chi connectivity index (χ1n) is 5.89. The van der Waals surface area contributed by atoms with Crippen LogP contribution >= 0.6 is 0 Å². The highest BCUT2D eigenvalue weighted by Gasteiger charge is 2.14. The second kappa shape index (κ2) is 6.38. The molecule has 3 nitrogen and oxygen atoms in total. The quantitative estimate of drug-likeness (QED) is 0.641. The molecule has 0 amide bonds. The van der Waals surface area contributed by atoms with Crippen LogP contribution in [0.15, 0.2) is 0 Å². The van der Waals surface area contributed by atoms with Crippen molar-refractivity contribution >= 4 is 0 Å². The van der Waals surface area contributed by atoms with Gasteiger partial charge in [-0.15, -0.1) is 0 Å². The topological polar surface area (TPSA) is 9.72 Å². The summed E-state index contributed by atoms with van der Waals surface area (Å²) in [5, 5.41) is 0. The van der Waals surface area contributed by atoms with Gasteiger partial charge in [-0.1, -0.05) is 13.8 Å². The lowest BCUT2D eigenvalue weighted by atomic mass is 10.3. The summed E-state index contributed by atoms with van der Waals surface area (Å²) < 4.78 is 0. The van der Waals surface area contributed by atoms with Crippen molar-refractivity contribution in [3.8, 4) is 0 Å². The molecule has 0 unspecified atom stereocenters. The minimum atomic E-state index is 1.16. The third-order valence-corrected chi connectivity index (χ3v) is 3.25. The molecule has 0 atom stereocenters. The smallest absolute Gasteiger partial charge is 0.0110 e. The summed E-state index contributed by atoms with van der Waals surface area (Å²) in [6.07, 6.45) is 0. The lowest BCUT2D eigenvalue weighted by molar-refractivity contribution is 0.127. The van der Waals surface area contributed by atoms with Crippen LogP contribution < -0.4 is 0 Å². The van der Waals surface area contributed by atoms with Gasteiger partial charge in [0.2, 0.25) is 0 Å². The van der Waals surface area contributed by atoms with E-state index in [0.29, 0.717) is 0 Å². The maximum Gasteiger partial charge on any atom is 0.0110 e. The number of rotatable bonds is 5. The van der Waals surface area contributed by atoms with E-state index in [9.17, 15) is 0 Å². The van der Waals surface area contributed by atoms with Gasteiger partial charge < -0.3 is 9.80 Å². The number of piperazine rings is 1. The molecule has 1 fully saturated rings. The fourth-order valence-electron chi connectivity index (χ4n) is 1.80. The molecule has 0 aromatic heterocycles. The zero-order chi connectivity index (χ0) is 10.4. The SMILES string of the molecule is CCN(C)CCN1CCN(CC)CC1. The van der Waals surface area contributed by atoms with Gasteiger partial charge in [0.05, 0.1) is 0 Å². The van der Waals surface area contributed by atoms with Crippen LogP contribution in [0, 0.1) is 0 Å². The molecule has 0 radical (unpaired) electrons. The Hall–Kier alpha value is -0.120. The normalized spacial score (nSPS) is 20.6. The Bertz CT molecular complexity index is 141. The molecule has 1 aliphatic heterocycles. The summed E-state index contributed by atoms with van der Waals surface area (Å²) in [6, 6.07) is 0. The van der Waals surface area contributed by atoms with Crippen molar-refractivity contribution in [1.29, 1.82) is 0 Å². The molecule has 0 aliphatic carbocycles. The average molecular weight is 199 g/mol. The van der Waals surface area contributed by atoms with Gasteiger partial charge in [0.25, 0.3) is 0 Å². The van der Waals surface area contributed by atoms with E-state index in [-0.39, 0.29) is 0 Å². The highest BCUT2D eigenvalue weighted by molar-refractivity contribution is 4.71. The summed E-state index contributed by atoms with van der Waals surface area (Å²) in [4.78, 5) is 7.49. The van der Waals surface area contributed by atoms with E-state index in [4.69, 9.17) is 0 Å². The molecule has 1 rings (SSSR count). The van der Waals surface area contributed by atoms with E-state index in [1.807, 2.05) is 0 Å². The Morgan fingerprint density at radius 2 is 1.57 bits per heavy atom. The van der Waals surface area contributed by atoms with Crippen molar-refractivity contribution in [3.05, 3.63) is 0 Å². The van der Waals surface area contributed by atoms with Crippen LogP contribution in [0.4, 0.5) is 0 Å². The zero-order valence-corrected chi connectivity index (χ0v) is 10.00. The average Bonchev–Trinajstić information content (AvgIpc) is 2.26. The Labute approximate surface area is 88.7 Å². The van der Waals surface area contributed by atoms with Gasteiger partial charge in [0.15, 0.2) is 0 Å². The van der Waals surface area contributed by atoms with E-state index in [0.717, 1.165) is 6.54 Å². The molecule has 0 saturated carbocycles. The van der Waals surface area contributed by atoms with Crippen LogP contribution in [0.1, 0.15) is 13.8 Å². The molecule has 3 heteroatoms. The Morgan fingerprint density at radius 1 is 1.00 bits per heavy atom. The molecule has 84 valence electrons. The molecule has 0 aromatic rings. The summed E-state index contributed by atoms with van der Waals surface area (Å²) in [5.74, 6) is 0. The minimum absolute atomic E-state index is 1.16. The van der Waals surface area contributed by atoms with Gasteiger partial charge in [-0.25, -0.2) is 0 Å². The van der Waals surface area contributed by atoms with E-state index in [1.54, 1.807) is 0 Å². The minimum Gasteiger partial charge on any atom is -0.305 e. The summed E-state index contributed by atoms with van der Waals surface area (Å²) in [7, 11) is 2.20. The van der Waals surface area contributed by atoms with Crippen molar-refractivity contribution in [2.45, 2.75) is 13.8 Å². The molecule has 1 aliphatic rings. The van der Waals surface area contributed by atoms with Crippen LogP contribution in [0.5, 0.6) is 0 Å². The molecular weight excluding hydrogens is 174 g/mol. The molecule has 0 spiro atoms. The standard InChI is InChI=1S/C11H25N3/c1-4-12(3)6-7-14-10-8-13(5-2)9-11-14/h4-11H2,1-3H3. The number of likely N-dealkylation sites (N-methyl/N-ethyl adjacent to an activating group) is 2. The van der Waals surface area contributed by atoms with Gasteiger partial charge in [-0.2, -0.15) is 0 Å². The van der Waals surface area contributed by atoms with Gasteiger partial charge in [-0.3, -0.25) is 4.90 Å². The molecule has 1 heterocycles. The fraction of sp³-hybridized carbons (Fsp3) is 1.00. The molecule has 0 aromatic carbocycles. The zero-order valence-electron chi connectivity index (χ0n) is 10.00. The van der Waals surface area contributed by atoms with E-state index >= 15 is 0 Å². The number of hydrogen-bond acceptors (Lipinski definition) is 3. The van der Waals surface area contributed by atoms with Crippen LogP contribution in [-0.2, 0) is 0 Å². The van der Waals surface area contributed by atoms with Crippen molar-refractivity contribution < 1.29 is 0 Å². The Kier molecular flexibility index (Phi) is 5.45. The third-order valence-electron chi connectivity index (χ3n) is 3.25. The predicted molar refractivity (Wildman–Crippen MR) is 61.7 cm³/mol. The maximum atomic E-state index is 2.58. The predicted octanol–water partition coefficient (Wildman–Crippen LogP) is 0.576. The van der Waals surface area contributed by atoms with Crippen LogP contribution in [0.2, 0.25) is 0 Å². The second-order valence-corrected chi connectivity index (χ2v) is 4.17. The van der Waals surface area contributed by atoms with E-state index in [1.165, 1.54) is 45.8 Å². The molecule has 1 saturated heterocycles.